The molecule has 2 aromatic carbocycles. The second-order valence-corrected chi connectivity index (χ2v) is 6.58. The molecule has 0 amide bonds. The fourth-order valence-electron chi connectivity index (χ4n) is 2.64. The molecule has 0 spiro atoms. The summed E-state index contributed by atoms with van der Waals surface area (Å²) in [4.78, 5) is 11.8. The van der Waals surface area contributed by atoms with Gasteiger partial charge < -0.3 is 4.74 Å². The van der Waals surface area contributed by atoms with Gasteiger partial charge in [-0.3, -0.25) is 9.36 Å². The number of rotatable bonds is 4. The van der Waals surface area contributed by atoms with E-state index in [4.69, 9.17) is 4.74 Å². The molecule has 0 bridgehead atoms. The van der Waals surface area contributed by atoms with E-state index in [9.17, 15) is 4.79 Å². The number of hydrogen-bond donors (Lipinski definition) is 0. The molecule has 1 unspecified atom stereocenters. The summed E-state index contributed by atoms with van der Waals surface area (Å²) in [7, 11) is 0. The molecule has 0 saturated carbocycles. The first-order valence-electron chi connectivity index (χ1n) is 7.72. The van der Waals surface area contributed by atoms with E-state index in [2.05, 4.69) is 10.2 Å². The molecule has 0 aliphatic carbocycles. The lowest BCUT2D eigenvalue weighted by molar-refractivity contribution is -0.137. The van der Waals surface area contributed by atoms with Gasteiger partial charge in [-0.05, 0) is 12.1 Å². The molecule has 6 heteroatoms. The van der Waals surface area contributed by atoms with Crippen LogP contribution in [-0.4, -0.2) is 32.6 Å². The van der Waals surface area contributed by atoms with Crippen molar-refractivity contribution in [3.63, 3.8) is 0 Å². The third kappa shape index (κ3) is 2.80. The van der Waals surface area contributed by atoms with Gasteiger partial charge in [0.25, 0.3) is 0 Å². The minimum Gasteiger partial charge on any atom is -0.465 e. The molecule has 5 nitrogen and oxygen atoms in total. The highest BCUT2D eigenvalue weighted by Gasteiger charge is 2.30. The van der Waals surface area contributed by atoms with E-state index in [1.54, 1.807) is 0 Å². The molecule has 0 radical (unpaired) electrons. The zero-order chi connectivity index (χ0) is 16.4. The maximum atomic E-state index is 11.8. The van der Waals surface area contributed by atoms with Crippen LogP contribution < -0.4 is 0 Å². The Bertz CT molecular complexity index is 849. The quantitative estimate of drug-likeness (QED) is 0.684. The summed E-state index contributed by atoms with van der Waals surface area (Å²) in [5.41, 5.74) is 1.95. The van der Waals surface area contributed by atoms with Crippen LogP contribution >= 0.6 is 11.8 Å². The minimum absolute atomic E-state index is 0.177. The Hall–Kier alpha value is -2.60. The SMILES string of the molecule is O=C1OCCC1Sc1nnc(-c2ccccc2)n1-c1ccccc1. The number of cyclic esters (lactones) is 1. The highest BCUT2D eigenvalue weighted by molar-refractivity contribution is 8.00. The van der Waals surface area contributed by atoms with Crippen LogP contribution in [-0.2, 0) is 9.53 Å². The second-order valence-electron chi connectivity index (χ2n) is 5.41. The third-order valence-corrected chi connectivity index (χ3v) is 5.00. The number of hydrogen-bond acceptors (Lipinski definition) is 5. The molecule has 3 aromatic rings. The highest BCUT2D eigenvalue weighted by Crippen LogP contribution is 2.33. The van der Waals surface area contributed by atoms with Gasteiger partial charge in [-0.1, -0.05) is 60.3 Å². The zero-order valence-electron chi connectivity index (χ0n) is 12.8. The third-order valence-electron chi connectivity index (χ3n) is 3.81. The van der Waals surface area contributed by atoms with Gasteiger partial charge in [0, 0.05) is 17.7 Å². The molecule has 1 fully saturated rings. The lowest BCUT2D eigenvalue weighted by Crippen LogP contribution is -2.11. The van der Waals surface area contributed by atoms with E-state index in [0.717, 1.165) is 17.1 Å². The molecule has 2 heterocycles. The van der Waals surface area contributed by atoms with Crippen LogP contribution in [0.3, 0.4) is 0 Å². The number of benzene rings is 2. The summed E-state index contributed by atoms with van der Waals surface area (Å²) in [6.45, 7) is 0.474. The highest BCUT2D eigenvalue weighted by atomic mass is 32.2. The van der Waals surface area contributed by atoms with Crippen molar-refractivity contribution in [1.29, 1.82) is 0 Å². The van der Waals surface area contributed by atoms with E-state index in [-0.39, 0.29) is 11.2 Å². The predicted molar refractivity (Wildman–Crippen MR) is 92.0 cm³/mol. The molecule has 120 valence electrons. The zero-order valence-corrected chi connectivity index (χ0v) is 13.6. The van der Waals surface area contributed by atoms with Crippen molar-refractivity contribution in [3.8, 4) is 17.1 Å². The van der Waals surface area contributed by atoms with Crippen LogP contribution in [0.1, 0.15) is 6.42 Å². The molecule has 1 atom stereocenters. The Morgan fingerprint density at radius 3 is 2.38 bits per heavy atom. The van der Waals surface area contributed by atoms with Crippen molar-refractivity contribution >= 4 is 17.7 Å². The van der Waals surface area contributed by atoms with Gasteiger partial charge in [0.1, 0.15) is 5.25 Å². The number of ether oxygens (including phenoxy) is 1. The summed E-state index contributed by atoms with van der Waals surface area (Å²) in [6, 6.07) is 19.9. The van der Waals surface area contributed by atoms with E-state index in [1.165, 1.54) is 11.8 Å². The van der Waals surface area contributed by atoms with Crippen LogP contribution in [0.15, 0.2) is 65.8 Å². The molecule has 0 N–H and O–H groups in total. The van der Waals surface area contributed by atoms with E-state index in [0.29, 0.717) is 18.2 Å². The van der Waals surface area contributed by atoms with Crippen LogP contribution in [0.5, 0.6) is 0 Å². The Kier molecular flexibility index (Phi) is 4.04. The average Bonchev–Trinajstić information content (AvgIpc) is 3.23. The van der Waals surface area contributed by atoms with Crippen molar-refractivity contribution < 1.29 is 9.53 Å². The Balaban J connectivity index is 1.79. The molecular weight excluding hydrogens is 322 g/mol. The van der Waals surface area contributed by atoms with E-state index < -0.39 is 0 Å². The van der Waals surface area contributed by atoms with Crippen LogP contribution in [0.25, 0.3) is 17.1 Å². The summed E-state index contributed by atoms with van der Waals surface area (Å²) < 4.78 is 7.05. The maximum Gasteiger partial charge on any atom is 0.319 e. The fraction of sp³-hybridized carbons (Fsp3) is 0.167. The van der Waals surface area contributed by atoms with Crippen molar-refractivity contribution in [1.82, 2.24) is 14.8 Å². The van der Waals surface area contributed by atoms with Gasteiger partial charge in [-0.15, -0.1) is 10.2 Å². The van der Waals surface area contributed by atoms with Gasteiger partial charge in [0.15, 0.2) is 11.0 Å². The number of carbonyl (C=O) groups excluding carboxylic acids is 1. The summed E-state index contributed by atoms with van der Waals surface area (Å²) in [5.74, 6) is 0.583. The van der Waals surface area contributed by atoms with Crippen LogP contribution in [0, 0.1) is 0 Å². The molecule has 1 aliphatic heterocycles. The average molecular weight is 337 g/mol. The number of para-hydroxylation sites is 1. The van der Waals surface area contributed by atoms with Gasteiger partial charge >= 0.3 is 5.97 Å². The minimum atomic E-state index is -0.222. The fourth-order valence-corrected chi connectivity index (χ4v) is 3.66. The second kappa shape index (κ2) is 6.49. The van der Waals surface area contributed by atoms with Crippen molar-refractivity contribution in [2.45, 2.75) is 16.8 Å². The smallest absolute Gasteiger partial charge is 0.319 e. The maximum absolute atomic E-state index is 11.8. The molecule has 1 aliphatic rings. The number of aromatic nitrogens is 3. The van der Waals surface area contributed by atoms with Crippen molar-refractivity contribution in [2.75, 3.05) is 6.61 Å². The first-order chi connectivity index (χ1) is 11.8. The summed E-state index contributed by atoms with van der Waals surface area (Å²) >= 11 is 1.41. The first kappa shape index (κ1) is 15.0. The molecule has 4 rings (SSSR count). The van der Waals surface area contributed by atoms with Crippen LogP contribution in [0.2, 0.25) is 0 Å². The lowest BCUT2D eigenvalue weighted by atomic mass is 10.2. The topological polar surface area (TPSA) is 57.0 Å². The van der Waals surface area contributed by atoms with Gasteiger partial charge in [-0.2, -0.15) is 0 Å². The predicted octanol–water partition coefficient (Wildman–Crippen LogP) is 3.34. The van der Waals surface area contributed by atoms with Crippen molar-refractivity contribution in [3.05, 3.63) is 60.7 Å². The van der Waals surface area contributed by atoms with Gasteiger partial charge in [0.05, 0.1) is 6.61 Å². The number of carbonyl (C=O) groups is 1. The molecule has 1 aromatic heterocycles. The molecule has 1 saturated heterocycles. The largest absolute Gasteiger partial charge is 0.465 e. The standard InChI is InChI=1S/C18H15N3O2S/c22-17-15(11-12-23-17)24-18-20-19-16(13-7-3-1-4-8-13)21(18)14-9-5-2-6-10-14/h1-10,15H,11-12H2. The molecule has 24 heavy (non-hydrogen) atoms. The normalized spacial score (nSPS) is 17.0. The first-order valence-corrected chi connectivity index (χ1v) is 8.60. The van der Waals surface area contributed by atoms with Crippen molar-refractivity contribution in [2.24, 2.45) is 0 Å². The lowest BCUT2D eigenvalue weighted by Gasteiger charge is -2.11. The van der Waals surface area contributed by atoms with Gasteiger partial charge in [0.2, 0.25) is 0 Å². The number of esters is 1. The molecular formula is C18H15N3O2S. The number of thioether (sulfide) groups is 1. The number of nitrogens with zero attached hydrogens (tertiary/aromatic N) is 3. The Labute approximate surface area is 143 Å². The Morgan fingerprint density at radius 2 is 1.71 bits per heavy atom. The Morgan fingerprint density at radius 1 is 1.00 bits per heavy atom. The van der Waals surface area contributed by atoms with Gasteiger partial charge in [-0.25, -0.2) is 0 Å². The summed E-state index contributed by atoms with van der Waals surface area (Å²) in [6.07, 6.45) is 0.700. The van der Waals surface area contributed by atoms with Crippen LogP contribution in [0.4, 0.5) is 0 Å². The summed E-state index contributed by atoms with van der Waals surface area (Å²) in [5, 5.41) is 9.18. The van der Waals surface area contributed by atoms with E-state index >= 15 is 0 Å². The van der Waals surface area contributed by atoms with E-state index in [1.807, 2.05) is 65.2 Å². The monoisotopic (exact) mass is 337 g/mol.